The molecule has 0 aromatic rings. The Labute approximate surface area is 108 Å². The SMILES string of the molecule is CC(C)(C)OC(=O)N(O)C(C)(C)[C@]1(C)C[I+]1. The fraction of sp³-hybridized carbons (Fsp3) is 0.909. The summed E-state index contributed by atoms with van der Waals surface area (Å²) in [5.74, 6) is 0. The van der Waals surface area contributed by atoms with Crippen molar-refractivity contribution in [2.45, 2.75) is 56.1 Å². The van der Waals surface area contributed by atoms with Gasteiger partial charge in [-0.25, -0.2) is 4.79 Å². The Bertz CT molecular complexity index is 292. The summed E-state index contributed by atoms with van der Waals surface area (Å²) in [6.45, 7) is 11.3. The van der Waals surface area contributed by atoms with E-state index in [1.165, 1.54) is 0 Å². The molecule has 0 unspecified atom stereocenters. The lowest BCUT2D eigenvalue weighted by atomic mass is 9.90. The van der Waals surface area contributed by atoms with Crippen LogP contribution in [0.1, 0.15) is 41.5 Å². The van der Waals surface area contributed by atoms with E-state index >= 15 is 0 Å². The quantitative estimate of drug-likeness (QED) is 0.311. The van der Waals surface area contributed by atoms with Gasteiger partial charge in [0.05, 0.1) is 0 Å². The van der Waals surface area contributed by atoms with Crippen LogP contribution in [-0.2, 0) is 4.74 Å². The molecule has 0 aromatic carbocycles. The molecule has 0 aliphatic carbocycles. The Morgan fingerprint density at radius 1 is 1.38 bits per heavy atom. The largest absolute Gasteiger partial charge is 0.442 e. The number of rotatable bonds is 2. The van der Waals surface area contributed by atoms with Crippen LogP contribution in [0, 0.1) is 0 Å². The minimum Gasteiger partial charge on any atom is -0.442 e. The molecular weight excluding hydrogens is 321 g/mol. The van der Waals surface area contributed by atoms with Crippen LogP contribution in [0.3, 0.4) is 0 Å². The molecular formula is C11H21INO3+. The molecule has 1 N–H and O–H groups in total. The average molecular weight is 342 g/mol. The third-order valence-corrected chi connectivity index (χ3v) is 7.28. The molecule has 0 aromatic heterocycles. The predicted octanol–water partition coefficient (Wildman–Crippen LogP) is -0.747. The highest BCUT2D eigenvalue weighted by atomic mass is 127. The topological polar surface area (TPSA) is 49.8 Å². The number of carbonyl (C=O) groups excluding carboxylic acids is 1. The first kappa shape index (κ1) is 14.0. The first-order valence-electron chi connectivity index (χ1n) is 5.32. The lowest BCUT2D eigenvalue weighted by molar-refractivity contribution is -0.534. The standard InChI is InChI=1S/C11H21INO3/c1-9(2,3)16-8(14)13(15)10(4,5)11(6)7-12-11/h15H,7H2,1-6H3/q+1/t11-/m0/s1. The van der Waals surface area contributed by atoms with E-state index < -0.39 is 17.2 Å². The van der Waals surface area contributed by atoms with Gasteiger partial charge in [0.25, 0.3) is 21.2 Å². The van der Waals surface area contributed by atoms with E-state index in [-0.39, 0.29) is 24.6 Å². The Morgan fingerprint density at radius 2 is 1.81 bits per heavy atom. The summed E-state index contributed by atoms with van der Waals surface area (Å²) < 4.78 is 6.40. The van der Waals surface area contributed by atoms with Crippen molar-refractivity contribution in [2.24, 2.45) is 0 Å². The van der Waals surface area contributed by atoms with Crippen molar-refractivity contribution in [2.75, 3.05) is 4.43 Å². The summed E-state index contributed by atoms with van der Waals surface area (Å²) >= 11 is 0.0981. The highest BCUT2D eigenvalue weighted by Gasteiger charge is 2.71. The van der Waals surface area contributed by atoms with Crippen LogP contribution >= 0.6 is 0 Å². The maximum absolute atomic E-state index is 11.7. The molecule has 0 radical (unpaired) electrons. The van der Waals surface area contributed by atoms with Crippen molar-refractivity contribution >= 4 is 6.09 Å². The van der Waals surface area contributed by atoms with E-state index in [0.717, 1.165) is 9.49 Å². The molecule has 1 rings (SSSR count). The van der Waals surface area contributed by atoms with Crippen molar-refractivity contribution in [1.29, 1.82) is 0 Å². The molecule has 1 fully saturated rings. The van der Waals surface area contributed by atoms with Gasteiger partial charge in [-0.05, 0) is 41.5 Å². The van der Waals surface area contributed by atoms with Crippen LogP contribution in [-0.4, -0.2) is 35.4 Å². The Morgan fingerprint density at radius 3 is 2.12 bits per heavy atom. The summed E-state index contributed by atoms with van der Waals surface area (Å²) in [5.41, 5.74) is -1.11. The first-order valence-corrected chi connectivity index (χ1v) is 7.92. The maximum atomic E-state index is 11.7. The van der Waals surface area contributed by atoms with E-state index in [0.29, 0.717) is 0 Å². The minimum absolute atomic E-state index is 0.0981. The molecule has 0 bridgehead atoms. The highest BCUT2D eigenvalue weighted by molar-refractivity contribution is 5.67. The zero-order chi connectivity index (χ0) is 12.8. The smallest absolute Gasteiger partial charge is 0.434 e. The van der Waals surface area contributed by atoms with Gasteiger partial charge in [0.1, 0.15) is 11.1 Å². The number of halogens is 1. The normalized spacial score (nSPS) is 25.2. The van der Waals surface area contributed by atoms with Gasteiger partial charge in [-0.2, -0.15) is 5.06 Å². The average Bonchev–Trinajstić information content (AvgIpc) is 2.80. The number of carbonyl (C=O) groups is 1. The van der Waals surface area contributed by atoms with E-state index in [1.807, 2.05) is 13.8 Å². The van der Waals surface area contributed by atoms with Gasteiger partial charge in [-0.15, -0.1) is 0 Å². The van der Waals surface area contributed by atoms with Crippen LogP contribution < -0.4 is 21.2 Å². The number of hydrogen-bond acceptors (Lipinski definition) is 3. The number of hydroxylamine groups is 2. The lowest BCUT2D eigenvalue weighted by Gasteiger charge is -2.34. The Balaban J connectivity index is 2.70. The third-order valence-electron chi connectivity index (χ3n) is 2.91. The monoisotopic (exact) mass is 342 g/mol. The molecule has 1 amide bonds. The number of ether oxygens (including phenoxy) is 1. The van der Waals surface area contributed by atoms with E-state index in [4.69, 9.17) is 4.74 Å². The van der Waals surface area contributed by atoms with Gasteiger partial charge in [0.2, 0.25) is 3.42 Å². The molecule has 1 saturated heterocycles. The third kappa shape index (κ3) is 2.80. The van der Waals surface area contributed by atoms with Gasteiger partial charge >= 0.3 is 6.09 Å². The maximum Gasteiger partial charge on any atom is 0.434 e. The number of hydrogen-bond donors (Lipinski definition) is 1. The molecule has 16 heavy (non-hydrogen) atoms. The van der Waals surface area contributed by atoms with Crippen molar-refractivity contribution in [3.63, 3.8) is 0 Å². The van der Waals surface area contributed by atoms with Crippen molar-refractivity contribution in [3.8, 4) is 0 Å². The van der Waals surface area contributed by atoms with E-state index in [1.54, 1.807) is 20.8 Å². The second-order valence-corrected chi connectivity index (χ2v) is 9.72. The number of nitrogens with zero attached hydrogens (tertiary/aromatic N) is 1. The Hall–Kier alpha value is -0.0400. The lowest BCUT2D eigenvalue weighted by Crippen LogP contribution is -3.51. The first-order chi connectivity index (χ1) is 7.00. The summed E-state index contributed by atoms with van der Waals surface area (Å²) in [6.07, 6.45) is -0.658. The zero-order valence-corrected chi connectivity index (χ0v) is 13.0. The zero-order valence-electron chi connectivity index (χ0n) is 10.8. The van der Waals surface area contributed by atoms with Gasteiger partial charge in [-0.1, -0.05) is 0 Å². The summed E-state index contributed by atoms with van der Waals surface area (Å²) in [7, 11) is 0. The van der Waals surface area contributed by atoms with Crippen LogP contribution in [0.2, 0.25) is 0 Å². The fourth-order valence-corrected chi connectivity index (χ4v) is 3.85. The van der Waals surface area contributed by atoms with E-state index in [2.05, 4.69) is 6.92 Å². The molecule has 1 aliphatic heterocycles. The highest BCUT2D eigenvalue weighted by Crippen LogP contribution is 2.26. The molecule has 1 heterocycles. The summed E-state index contributed by atoms with van der Waals surface area (Å²) in [5, 5.41) is 10.7. The van der Waals surface area contributed by atoms with E-state index in [9.17, 15) is 10.0 Å². The molecule has 4 nitrogen and oxygen atoms in total. The molecule has 1 atom stereocenters. The molecule has 1 aliphatic rings. The van der Waals surface area contributed by atoms with Gasteiger partial charge in [0, 0.05) is 0 Å². The van der Waals surface area contributed by atoms with Gasteiger partial charge in [0.15, 0.2) is 4.43 Å². The van der Waals surface area contributed by atoms with Gasteiger partial charge < -0.3 is 4.74 Å². The summed E-state index contributed by atoms with van der Waals surface area (Å²) in [4.78, 5) is 11.7. The molecule has 0 saturated carbocycles. The number of amides is 1. The van der Waals surface area contributed by atoms with Crippen LogP contribution in [0.4, 0.5) is 4.79 Å². The number of alkyl halides is 2. The van der Waals surface area contributed by atoms with Crippen molar-refractivity contribution in [1.82, 2.24) is 5.06 Å². The molecule has 5 heteroatoms. The minimum atomic E-state index is -0.658. The van der Waals surface area contributed by atoms with Crippen LogP contribution in [0.25, 0.3) is 0 Å². The fourth-order valence-electron chi connectivity index (χ4n) is 1.18. The van der Waals surface area contributed by atoms with Crippen LogP contribution in [0.15, 0.2) is 0 Å². The van der Waals surface area contributed by atoms with Crippen molar-refractivity contribution in [3.05, 3.63) is 0 Å². The molecule has 0 spiro atoms. The predicted molar refractivity (Wildman–Crippen MR) is 57.2 cm³/mol. The second-order valence-electron chi connectivity index (χ2n) is 5.82. The summed E-state index contributed by atoms with van der Waals surface area (Å²) in [6, 6.07) is 0. The Kier molecular flexibility index (Phi) is 3.52. The van der Waals surface area contributed by atoms with Crippen molar-refractivity contribution < 1.29 is 35.9 Å². The van der Waals surface area contributed by atoms with Crippen LogP contribution in [0.5, 0.6) is 0 Å². The second kappa shape index (κ2) is 4.01. The van der Waals surface area contributed by atoms with Gasteiger partial charge in [-0.3, -0.25) is 5.21 Å². The molecule has 94 valence electrons.